The molecule has 3 heteroatoms. The summed E-state index contributed by atoms with van der Waals surface area (Å²) in [5.41, 5.74) is 0.207. The Kier molecular flexibility index (Phi) is 8.83. The molecular formula is C15H32O3. The van der Waals surface area contributed by atoms with Gasteiger partial charge in [-0.05, 0) is 32.1 Å². The molecule has 3 nitrogen and oxygen atoms in total. The molecule has 0 N–H and O–H groups in total. The van der Waals surface area contributed by atoms with Gasteiger partial charge in [0.05, 0.1) is 32.0 Å². The summed E-state index contributed by atoms with van der Waals surface area (Å²) in [5, 5.41) is 0. The number of hydrogen-bond donors (Lipinski definition) is 0. The molecule has 0 atom stereocenters. The van der Waals surface area contributed by atoms with Gasteiger partial charge in [-0.1, -0.05) is 27.7 Å². The Morgan fingerprint density at radius 2 is 1.22 bits per heavy atom. The molecule has 0 aromatic rings. The number of ether oxygens (including phenoxy) is 3. The minimum atomic E-state index is -0.0830. The van der Waals surface area contributed by atoms with Gasteiger partial charge in [0.1, 0.15) is 0 Å². The van der Waals surface area contributed by atoms with Gasteiger partial charge in [-0.15, -0.1) is 0 Å². The topological polar surface area (TPSA) is 27.7 Å². The van der Waals surface area contributed by atoms with Crippen molar-refractivity contribution in [1.29, 1.82) is 0 Å². The first-order valence-corrected chi connectivity index (χ1v) is 7.06. The zero-order valence-corrected chi connectivity index (χ0v) is 13.2. The van der Waals surface area contributed by atoms with Crippen molar-refractivity contribution in [2.45, 2.75) is 60.0 Å². The molecule has 0 aliphatic heterocycles. The first kappa shape index (κ1) is 17.9. The van der Waals surface area contributed by atoms with Gasteiger partial charge in [0.25, 0.3) is 0 Å². The molecule has 0 aliphatic rings. The molecule has 0 spiro atoms. The molecular weight excluding hydrogens is 228 g/mol. The van der Waals surface area contributed by atoms with E-state index in [1.54, 1.807) is 0 Å². The monoisotopic (exact) mass is 260 g/mol. The van der Waals surface area contributed by atoms with Gasteiger partial charge >= 0.3 is 0 Å². The SMILES string of the molecule is CCCOCCOCCOC(C)(C)CC(C)(C)C. The Hall–Kier alpha value is -0.120. The van der Waals surface area contributed by atoms with E-state index in [4.69, 9.17) is 14.2 Å². The standard InChI is InChI=1S/C15H32O3/c1-7-8-16-9-10-17-11-12-18-15(5,6)13-14(2,3)4/h7-13H2,1-6H3. The highest BCUT2D eigenvalue weighted by Crippen LogP contribution is 2.29. The average molecular weight is 260 g/mol. The van der Waals surface area contributed by atoms with Gasteiger partial charge in [-0.25, -0.2) is 0 Å². The quantitative estimate of drug-likeness (QED) is 0.561. The summed E-state index contributed by atoms with van der Waals surface area (Å²) in [7, 11) is 0. The summed E-state index contributed by atoms with van der Waals surface area (Å²) in [6, 6.07) is 0. The summed E-state index contributed by atoms with van der Waals surface area (Å²) < 4.78 is 16.7. The lowest BCUT2D eigenvalue weighted by atomic mass is 9.84. The second-order valence-corrected chi connectivity index (χ2v) is 6.57. The van der Waals surface area contributed by atoms with Crippen LogP contribution in [0.5, 0.6) is 0 Å². The van der Waals surface area contributed by atoms with Crippen LogP contribution in [0.15, 0.2) is 0 Å². The van der Waals surface area contributed by atoms with Gasteiger partial charge in [0, 0.05) is 6.61 Å². The van der Waals surface area contributed by atoms with Gasteiger partial charge in [0.2, 0.25) is 0 Å². The Bertz CT molecular complexity index is 194. The van der Waals surface area contributed by atoms with Gasteiger partial charge in [-0.2, -0.15) is 0 Å². The molecule has 0 heterocycles. The Morgan fingerprint density at radius 1 is 0.722 bits per heavy atom. The highest BCUT2D eigenvalue weighted by molar-refractivity contribution is 4.76. The molecule has 0 aromatic heterocycles. The fraction of sp³-hybridized carbons (Fsp3) is 1.00. The molecule has 0 saturated carbocycles. The molecule has 0 fully saturated rings. The lowest BCUT2D eigenvalue weighted by Gasteiger charge is -2.32. The Balaban J connectivity index is 3.47. The third kappa shape index (κ3) is 12.3. The molecule has 0 aromatic carbocycles. The van der Waals surface area contributed by atoms with Crippen molar-refractivity contribution >= 4 is 0 Å². The maximum Gasteiger partial charge on any atom is 0.0707 e. The third-order valence-corrected chi connectivity index (χ3v) is 2.40. The van der Waals surface area contributed by atoms with E-state index in [2.05, 4.69) is 41.5 Å². The molecule has 0 bridgehead atoms. The average Bonchev–Trinajstić information content (AvgIpc) is 2.18. The minimum Gasteiger partial charge on any atom is -0.379 e. The fourth-order valence-electron chi connectivity index (χ4n) is 2.17. The summed E-state index contributed by atoms with van der Waals surface area (Å²) in [6.07, 6.45) is 2.10. The molecule has 0 amide bonds. The van der Waals surface area contributed by atoms with Crippen molar-refractivity contribution in [1.82, 2.24) is 0 Å². The van der Waals surface area contributed by atoms with Crippen LogP contribution in [0, 0.1) is 5.41 Å². The summed E-state index contributed by atoms with van der Waals surface area (Å²) in [5.74, 6) is 0. The number of rotatable bonds is 10. The Labute approximate surface area is 113 Å². The van der Waals surface area contributed by atoms with E-state index in [1.807, 2.05) is 0 Å². The van der Waals surface area contributed by atoms with E-state index in [0.717, 1.165) is 19.4 Å². The summed E-state index contributed by atoms with van der Waals surface area (Å²) >= 11 is 0. The Morgan fingerprint density at radius 3 is 1.72 bits per heavy atom. The summed E-state index contributed by atoms with van der Waals surface area (Å²) in [6.45, 7) is 16.5. The van der Waals surface area contributed by atoms with Crippen molar-refractivity contribution in [3.63, 3.8) is 0 Å². The van der Waals surface area contributed by atoms with Crippen LogP contribution in [-0.4, -0.2) is 38.6 Å². The van der Waals surface area contributed by atoms with Crippen molar-refractivity contribution in [3.8, 4) is 0 Å². The number of hydrogen-bond acceptors (Lipinski definition) is 3. The van der Waals surface area contributed by atoms with Gasteiger partial charge < -0.3 is 14.2 Å². The zero-order valence-electron chi connectivity index (χ0n) is 13.2. The molecule has 0 saturated heterocycles. The third-order valence-electron chi connectivity index (χ3n) is 2.40. The van der Waals surface area contributed by atoms with Crippen molar-refractivity contribution in [2.75, 3.05) is 33.0 Å². The molecule has 18 heavy (non-hydrogen) atoms. The fourth-order valence-corrected chi connectivity index (χ4v) is 2.17. The van der Waals surface area contributed by atoms with Crippen LogP contribution >= 0.6 is 0 Å². The first-order valence-electron chi connectivity index (χ1n) is 7.06. The van der Waals surface area contributed by atoms with Gasteiger partial charge in [-0.3, -0.25) is 0 Å². The van der Waals surface area contributed by atoms with Crippen molar-refractivity contribution < 1.29 is 14.2 Å². The van der Waals surface area contributed by atoms with E-state index in [9.17, 15) is 0 Å². The molecule has 110 valence electrons. The maximum atomic E-state index is 5.87. The van der Waals surface area contributed by atoms with Crippen LogP contribution in [0.3, 0.4) is 0 Å². The molecule has 0 unspecified atom stereocenters. The predicted octanol–water partition coefficient (Wildman–Crippen LogP) is 3.66. The van der Waals surface area contributed by atoms with Crippen LogP contribution in [0.25, 0.3) is 0 Å². The van der Waals surface area contributed by atoms with Crippen LogP contribution < -0.4 is 0 Å². The second-order valence-electron chi connectivity index (χ2n) is 6.57. The molecule has 0 aliphatic carbocycles. The highest BCUT2D eigenvalue weighted by atomic mass is 16.5. The molecule has 0 radical (unpaired) electrons. The van der Waals surface area contributed by atoms with E-state index in [-0.39, 0.29) is 5.60 Å². The second kappa shape index (κ2) is 8.89. The summed E-state index contributed by atoms with van der Waals surface area (Å²) in [4.78, 5) is 0. The van der Waals surface area contributed by atoms with E-state index in [1.165, 1.54) is 0 Å². The van der Waals surface area contributed by atoms with Crippen LogP contribution in [-0.2, 0) is 14.2 Å². The normalized spacial score (nSPS) is 13.0. The largest absolute Gasteiger partial charge is 0.379 e. The highest BCUT2D eigenvalue weighted by Gasteiger charge is 2.25. The predicted molar refractivity (Wildman–Crippen MR) is 76.0 cm³/mol. The zero-order chi connectivity index (χ0) is 14.1. The van der Waals surface area contributed by atoms with Crippen LogP contribution in [0.4, 0.5) is 0 Å². The van der Waals surface area contributed by atoms with E-state index >= 15 is 0 Å². The van der Waals surface area contributed by atoms with E-state index < -0.39 is 0 Å². The minimum absolute atomic E-state index is 0.0830. The molecule has 0 rings (SSSR count). The van der Waals surface area contributed by atoms with E-state index in [0.29, 0.717) is 31.8 Å². The lowest BCUT2D eigenvalue weighted by Crippen LogP contribution is -2.31. The van der Waals surface area contributed by atoms with Crippen LogP contribution in [0.1, 0.15) is 54.4 Å². The van der Waals surface area contributed by atoms with Crippen molar-refractivity contribution in [3.05, 3.63) is 0 Å². The van der Waals surface area contributed by atoms with Crippen LogP contribution in [0.2, 0.25) is 0 Å². The lowest BCUT2D eigenvalue weighted by molar-refractivity contribution is -0.0690. The first-order chi connectivity index (χ1) is 8.27. The smallest absolute Gasteiger partial charge is 0.0707 e. The maximum absolute atomic E-state index is 5.87. The van der Waals surface area contributed by atoms with Crippen molar-refractivity contribution in [2.24, 2.45) is 5.41 Å². The van der Waals surface area contributed by atoms with Gasteiger partial charge in [0.15, 0.2) is 0 Å².